The number of ether oxygens (including phenoxy) is 1. The van der Waals surface area contributed by atoms with Crippen molar-refractivity contribution >= 4 is 32.6 Å². The Kier molecular flexibility index (Phi) is 5.31. The Morgan fingerprint density at radius 2 is 2.00 bits per heavy atom. The molecule has 0 aliphatic carbocycles. The fourth-order valence-electron chi connectivity index (χ4n) is 2.80. The molecule has 30 heavy (non-hydrogen) atoms. The van der Waals surface area contributed by atoms with Gasteiger partial charge in [-0.25, -0.2) is 9.67 Å². The molecule has 0 saturated carbocycles. The summed E-state index contributed by atoms with van der Waals surface area (Å²) in [5.74, 6) is -0.760. The molecule has 4 aromatic rings. The summed E-state index contributed by atoms with van der Waals surface area (Å²) in [5.41, 5.74) is 1.35. The predicted molar refractivity (Wildman–Crippen MR) is 102 cm³/mol. The zero-order chi connectivity index (χ0) is 21.1. The largest absolute Gasteiger partial charge is 0.573 e. The SMILES string of the molecule is O=C(Nc1nc2ccc(OC(F)(F)F)cc2s1)[C@H](Cc1ccccc1)n1cnnn1. The van der Waals surface area contributed by atoms with Crippen molar-refractivity contribution in [2.24, 2.45) is 0 Å². The number of hydrogen-bond acceptors (Lipinski definition) is 7. The summed E-state index contributed by atoms with van der Waals surface area (Å²) in [7, 11) is 0. The number of carbonyl (C=O) groups excluding carboxylic acids is 1. The highest BCUT2D eigenvalue weighted by molar-refractivity contribution is 7.22. The number of nitrogens with zero attached hydrogens (tertiary/aromatic N) is 5. The molecule has 0 saturated heterocycles. The van der Waals surface area contributed by atoms with Gasteiger partial charge in [-0.1, -0.05) is 41.7 Å². The minimum Gasteiger partial charge on any atom is -0.406 e. The van der Waals surface area contributed by atoms with Gasteiger partial charge >= 0.3 is 6.36 Å². The zero-order valence-electron chi connectivity index (χ0n) is 15.1. The molecule has 1 atom stereocenters. The lowest BCUT2D eigenvalue weighted by atomic mass is 10.1. The monoisotopic (exact) mass is 434 g/mol. The van der Waals surface area contributed by atoms with Crippen LogP contribution in [0.4, 0.5) is 18.3 Å². The van der Waals surface area contributed by atoms with Gasteiger partial charge in [0.1, 0.15) is 18.1 Å². The van der Waals surface area contributed by atoms with Gasteiger partial charge in [-0.15, -0.1) is 18.3 Å². The van der Waals surface area contributed by atoms with E-state index < -0.39 is 18.3 Å². The van der Waals surface area contributed by atoms with E-state index in [1.54, 1.807) is 0 Å². The lowest BCUT2D eigenvalue weighted by molar-refractivity contribution is -0.274. The number of fused-ring (bicyclic) bond motifs is 1. The van der Waals surface area contributed by atoms with Crippen molar-refractivity contribution in [1.29, 1.82) is 0 Å². The minimum absolute atomic E-state index is 0.241. The summed E-state index contributed by atoms with van der Waals surface area (Å²) in [6.07, 6.45) is -3.11. The lowest BCUT2D eigenvalue weighted by Gasteiger charge is -2.15. The van der Waals surface area contributed by atoms with E-state index >= 15 is 0 Å². The quantitative estimate of drug-likeness (QED) is 0.498. The Morgan fingerprint density at radius 3 is 2.70 bits per heavy atom. The fourth-order valence-corrected chi connectivity index (χ4v) is 3.70. The second-order valence-corrected chi connectivity index (χ2v) is 7.21. The third-order valence-corrected chi connectivity index (χ3v) is 5.02. The molecule has 154 valence electrons. The smallest absolute Gasteiger partial charge is 0.406 e. The summed E-state index contributed by atoms with van der Waals surface area (Å²) in [6.45, 7) is 0. The van der Waals surface area contributed by atoms with Gasteiger partial charge in [0.05, 0.1) is 10.2 Å². The van der Waals surface area contributed by atoms with E-state index in [-0.39, 0.29) is 10.9 Å². The maximum absolute atomic E-state index is 12.9. The van der Waals surface area contributed by atoms with Crippen LogP contribution in [0.3, 0.4) is 0 Å². The Morgan fingerprint density at radius 1 is 1.20 bits per heavy atom. The highest BCUT2D eigenvalue weighted by atomic mass is 32.1. The summed E-state index contributed by atoms with van der Waals surface area (Å²) >= 11 is 1.04. The molecule has 0 fully saturated rings. The topological polar surface area (TPSA) is 94.8 Å². The van der Waals surface area contributed by atoms with Gasteiger partial charge in [-0.3, -0.25) is 4.79 Å². The Labute approximate surface area is 171 Å². The first-order valence-electron chi connectivity index (χ1n) is 8.61. The number of benzene rings is 2. The fraction of sp³-hybridized carbons (Fsp3) is 0.167. The summed E-state index contributed by atoms with van der Waals surface area (Å²) in [6, 6.07) is 12.4. The summed E-state index contributed by atoms with van der Waals surface area (Å²) in [5, 5.41) is 13.9. The Balaban J connectivity index is 1.55. The van der Waals surface area contributed by atoms with Crippen LogP contribution in [0.5, 0.6) is 5.75 Å². The van der Waals surface area contributed by atoms with E-state index in [9.17, 15) is 18.0 Å². The maximum atomic E-state index is 12.9. The number of amides is 1. The van der Waals surface area contributed by atoms with Gasteiger partial charge in [-0.2, -0.15) is 0 Å². The van der Waals surface area contributed by atoms with Crippen LogP contribution in [0.2, 0.25) is 0 Å². The molecule has 2 aromatic heterocycles. The number of alkyl halides is 3. The van der Waals surface area contributed by atoms with Crippen molar-refractivity contribution in [3.8, 4) is 5.75 Å². The van der Waals surface area contributed by atoms with E-state index in [1.807, 2.05) is 30.3 Å². The number of tetrazole rings is 1. The van der Waals surface area contributed by atoms with Crippen molar-refractivity contribution in [1.82, 2.24) is 25.2 Å². The molecular weight excluding hydrogens is 421 g/mol. The Bertz CT molecular complexity index is 1150. The number of nitrogens with one attached hydrogen (secondary N) is 1. The minimum atomic E-state index is -4.79. The number of halogens is 3. The molecule has 0 unspecified atom stereocenters. The first kappa shape index (κ1) is 19.8. The molecule has 8 nitrogen and oxygen atoms in total. The standard InChI is InChI=1S/C18H13F3N6O2S/c19-18(20,21)29-12-6-7-13-15(9-12)30-17(23-13)24-16(28)14(27-10-22-25-26-27)8-11-4-2-1-3-5-11/h1-7,9-10,14H,8H2,(H,23,24,28)/t14-/m0/s1. The van der Waals surface area contributed by atoms with Gasteiger partial charge in [0.2, 0.25) is 0 Å². The number of thiazole rings is 1. The molecule has 0 radical (unpaired) electrons. The first-order valence-corrected chi connectivity index (χ1v) is 9.43. The molecule has 4 rings (SSSR count). The van der Waals surface area contributed by atoms with Gasteiger partial charge in [0, 0.05) is 12.5 Å². The van der Waals surface area contributed by atoms with Gasteiger partial charge in [0.25, 0.3) is 5.91 Å². The molecule has 12 heteroatoms. The molecular formula is C18H13F3N6O2S. The van der Waals surface area contributed by atoms with Crippen LogP contribution in [0, 0.1) is 0 Å². The van der Waals surface area contributed by atoms with Gasteiger partial charge in [0.15, 0.2) is 5.13 Å². The second kappa shape index (κ2) is 8.06. The highest BCUT2D eigenvalue weighted by Crippen LogP contribution is 2.32. The Hall–Kier alpha value is -3.54. The molecule has 1 N–H and O–H groups in total. The first-order chi connectivity index (χ1) is 14.4. The molecule has 2 heterocycles. The predicted octanol–water partition coefficient (Wildman–Crippen LogP) is 3.60. The maximum Gasteiger partial charge on any atom is 0.573 e. The van der Waals surface area contributed by atoms with Gasteiger partial charge in [-0.05, 0) is 28.1 Å². The van der Waals surface area contributed by atoms with E-state index in [0.717, 1.165) is 16.9 Å². The summed E-state index contributed by atoms with van der Waals surface area (Å²) < 4.78 is 42.9. The third-order valence-electron chi connectivity index (χ3n) is 4.08. The average molecular weight is 434 g/mol. The molecule has 0 aliphatic heterocycles. The van der Waals surface area contributed by atoms with Crippen LogP contribution < -0.4 is 10.1 Å². The van der Waals surface area contributed by atoms with E-state index in [0.29, 0.717) is 16.6 Å². The molecule has 2 aromatic carbocycles. The average Bonchev–Trinajstić information content (AvgIpc) is 3.34. The van der Waals surface area contributed by atoms with Crippen LogP contribution >= 0.6 is 11.3 Å². The molecule has 1 amide bonds. The summed E-state index contributed by atoms with van der Waals surface area (Å²) in [4.78, 5) is 17.2. The lowest BCUT2D eigenvalue weighted by Crippen LogP contribution is -2.28. The highest BCUT2D eigenvalue weighted by Gasteiger charge is 2.31. The molecule has 0 aliphatic rings. The number of aromatic nitrogens is 5. The number of rotatable bonds is 6. The van der Waals surface area contributed by atoms with Crippen molar-refractivity contribution in [3.63, 3.8) is 0 Å². The van der Waals surface area contributed by atoms with E-state index in [4.69, 9.17) is 0 Å². The van der Waals surface area contributed by atoms with Gasteiger partial charge < -0.3 is 10.1 Å². The van der Waals surface area contributed by atoms with E-state index in [1.165, 1.54) is 29.2 Å². The van der Waals surface area contributed by atoms with Crippen LogP contribution in [0.25, 0.3) is 10.2 Å². The zero-order valence-corrected chi connectivity index (χ0v) is 15.9. The number of anilines is 1. The van der Waals surface area contributed by atoms with Crippen LogP contribution in [-0.4, -0.2) is 37.5 Å². The van der Waals surface area contributed by atoms with Crippen molar-refractivity contribution < 1.29 is 22.7 Å². The molecule has 0 spiro atoms. The normalized spacial score (nSPS) is 12.6. The van der Waals surface area contributed by atoms with Crippen LogP contribution in [0.1, 0.15) is 11.6 Å². The molecule has 0 bridgehead atoms. The van der Waals surface area contributed by atoms with E-state index in [2.05, 4.69) is 30.6 Å². The van der Waals surface area contributed by atoms with Crippen LogP contribution in [-0.2, 0) is 11.2 Å². The van der Waals surface area contributed by atoms with Crippen molar-refractivity contribution in [2.75, 3.05) is 5.32 Å². The van der Waals surface area contributed by atoms with Crippen molar-refractivity contribution in [3.05, 3.63) is 60.4 Å². The number of hydrogen-bond donors (Lipinski definition) is 1. The number of carbonyl (C=O) groups is 1. The third kappa shape index (κ3) is 4.71. The second-order valence-electron chi connectivity index (χ2n) is 6.18. The van der Waals surface area contributed by atoms with Crippen LogP contribution in [0.15, 0.2) is 54.9 Å². The van der Waals surface area contributed by atoms with Crippen molar-refractivity contribution in [2.45, 2.75) is 18.8 Å².